The van der Waals surface area contributed by atoms with Gasteiger partial charge >= 0.3 is 0 Å². The molecule has 0 radical (unpaired) electrons. The van der Waals surface area contributed by atoms with Gasteiger partial charge in [-0.25, -0.2) is 0 Å². The molecule has 0 spiro atoms. The van der Waals surface area contributed by atoms with Gasteiger partial charge in [-0.15, -0.1) is 0 Å². The molecule has 0 atom stereocenters. The van der Waals surface area contributed by atoms with Crippen LogP contribution in [0.25, 0.3) is 11.1 Å². The highest BCUT2D eigenvalue weighted by Crippen LogP contribution is 2.29. The van der Waals surface area contributed by atoms with E-state index in [1.165, 1.54) is 0 Å². The Bertz CT molecular complexity index is 780. The smallest absolute Gasteiger partial charge is 0.266 e. The lowest BCUT2D eigenvalue weighted by Crippen LogP contribution is -2.21. The maximum Gasteiger partial charge on any atom is 0.266 e. The summed E-state index contributed by atoms with van der Waals surface area (Å²) in [6, 6.07) is 10.0. The molecule has 0 bridgehead atoms. The van der Waals surface area contributed by atoms with E-state index in [1.807, 2.05) is 38.1 Å². The maximum absolute atomic E-state index is 12.0. The fourth-order valence-corrected chi connectivity index (χ4v) is 2.75. The zero-order chi connectivity index (χ0) is 16.3. The highest BCUT2D eigenvalue weighted by Gasteiger charge is 2.13. The molecule has 2 rings (SSSR count). The van der Waals surface area contributed by atoms with Gasteiger partial charge in [0.25, 0.3) is 5.56 Å². The molecule has 1 heterocycles. The molecule has 4 nitrogen and oxygen atoms in total. The van der Waals surface area contributed by atoms with E-state index >= 15 is 0 Å². The molecule has 0 fully saturated rings. The molecule has 0 saturated carbocycles. The summed E-state index contributed by atoms with van der Waals surface area (Å²) >= 11 is 0. The fourth-order valence-electron chi connectivity index (χ4n) is 2.75. The van der Waals surface area contributed by atoms with Crippen LogP contribution >= 0.6 is 0 Å². The Morgan fingerprint density at radius 1 is 1.14 bits per heavy atom. The summed E-state index contributed by atoms with van der Waals surface area (Å²) in [5.74, 6) is 0. The highest BCUT2D eigenvalue weighted by molar-refractivity contribution is 5.75. The van der Waals surface area contributed by atoms with Crippen LogP contribution in [0.15, 0.2) is 29.1 Å². The van der Waals surface area contributed by atoms with E-state index in [9.17, 15) is 10.1 Å². The van der Waals surface area contributed by atoms with E-state index in [0.717, 1.165) is 35.6 Å². The van der Waals surface area contributed by atoms with Crippen molar-refractivity contribution in [2.24, 2.45) is 0 Å². The van der Waals surface area contributed by atoms with Crippen LogP contribution in [-0.4, -0.2) is 18.1 Å². The van der Waals surface area contributed by atoms with Gasteiger partial charge in [-0.3, -0.25) is 4.79 Å². The number of aromatic amines is 1. The van der Waals surface area contributed by atoms with Crippen LogP contribution in [0.4, 0.5) is 5.69 Å². The van der Waals surface area contributed by atoms with Crippen LogP contribution < -0.4 is 10.5 Å². The highest BCUT2D eigenvalue weighted by atomic mass is 16.1. The van der Waals surface area contributed by atoms with Crippen LogP contribution in [0.5, 0.6) is 0 Å². The lowest BCUT2D eigenvalue weighted by Gasteiger charge is -2.22. The number of H-pyrrole nitrogens is 1. The van der Waals surface area contributed by atoms with Crippen molar-refractivity contribution in [2.75, 3.05) is 18.0 Å². The maximum atomic E-state index is 12.0. The Labute approximate surface area is 131 Å². The third-order valence-electron chi connectivity index (χ3n) is 3.91. The van der Waals surface area contributed by atoms with Crippen molar-refractivity contribution in [2.45, 2.75) is 27.7 Å². The van der Waals surface area contributed by atoms with E-state index in [1.54, 1.807) is 0 Å². The first-order valence-electron chi connectivity index (χ1n) is 7.51. The monoisotopic (exact) mass is 295 g/mol. The molecule has 22 heavy (non-hydrogen) atoms. The number of benzene rings is 1. The minimum atomic E-state index is -0.329. The van der Waals surface area contributed by atoms with Crippen molar-refractivity contribution in [3.05, 3.63) is 51.4 Å². The summed E-state index contributed by atoms with van der Waals surface area (Å²) < 4.78 is 0. The molecule has 0 aliphatic heterocycles. The number of hydrogen-bond acceptors (Lipinski definition) is 3. The summed E-state index contributed by atoms with van der Waals surface area (Å²) in [7, 11) is 0. The summed E-state index contributed by atoms with van der Waals surface area (Å²) in [5.41, 5.74) is 4.45. The molecule has 1 aromatic carbocycles. The molecule has 4 heteroatoms. The summed E-state index contributed by atoms with van der Waals surface area (Å²) in [5, 5.41) is 9.28. The molecule has 0 unspecified atom stereocenters. The number of nitrogens with zero attached hydrogens (tertiary/aromatic N) is 2. The van der Waals surface area contributed by atoms with E-state index < -0.39 is 0 Å². The average molecular weight is 295 g/mol. The number of aryl methyl sites for hydroxylation is 2. The topological polar surface area (TPSA) is 59.9 Å². The second-order valence-electron chi connectivity index (χ2n) is 5.35. The Morgan fingerprint density at radius 3 is 2.36 bits per heavy atom. The van der Waals surface area contributed by atoms with Gasteiger partial charge in [0.1, 0.15) is 11.6 Å². The number of nitrogens with one attached hydrogen (secondary N) is 1. The number of nitriles is 1. The molecule has 2 aromatic rings. The minimum absolute atomic E-state index is 0.171. The van der Waals surface area contributed by atoms with Gasteiger partial charge in [0.15, 0.2) is 0 Å². The molecule has 0 aliphatic rings. The van der Waals surface area contributed by atoms with Gasteiger partial charge in [0.2, 0.25) is 0 Å². The first kappa shape index (κ1) is 15.8. The second-order valence-corrected chi connectivity index (χ2v) is 5.35. The van der Waals surface area contributed by atoms with E-state index in [0.29, 0.717) is 5.56 Å². The fraction of sp³-hybridized carbons (Fsp3) is 0.333. The number of hydrogen-bond donors (Lipinski definition) is 1. The predicted molar refractivity (Wildman–Crippen MR) is 90.2 cm³/mol. The van der Waals surface area contributed by atoms with Gasteiger partial charge in [0, 0.05) is 30.0 Å². The van der Waals surface area contributed by atoms with E-state index in [4.69, 9.17) is 0 Å². The summed E-state index contributed by atoms with van der Waals surface area (Å²) in [6.45, 7) is 9.98. The molecule has 0 aliphatic carbocycles. The van der Waals surface area contributed by atoms with Crippen LogP contribution in [0, 0.1) is 25.2 Å². The lowest BCUT2D eigenvalue weighted by atomic mass is 9.96. The van der Waals surface area contributed by atoms with Crippen molar-refractivity contribution in [3.8, 4) is 17.2 Å². The summed E-state index contributed by atoms with van der Waals surface area (Å²) in [6.07, 6.45) is 0. The van der Waals surface area contributed by atoms with Crippen LogP contribution in [0.3, 0.4) is 0 Å². The Balaban J connectivity index is 2.61. The van der Waals surface area contributed by atoms with E-state index in [-0.39, 0.29) is 11.1 Å². The number of aromatic nitrogens is 1. The van der Waals surface area contributed by atoms with Gasteiger partial charge in [-0.1, -0.05) is 6.07 Å². The van der Waals surface area contributed by atoms with Crippen molar-refractivity contribution in [1.82, 2.24) is 4.98 Å². The zero-order valence-corrected chi connectivity index (χ0v) is 13.5. The van der Waals surface area contributed by atoms with Crippen LogP contribution in [0.1, 0.15) is 30.7 Å². The van der Waals surface area contributed by atoms with Crippen LogP contribution in [0.2, 0.25) is 0 Å². The van der Waals surface area contributed by atoms with Gasteiger partial charge in [-0.2, -0.15) is 5.26 Å². The van der Waals surface area contributed by atoms with Gasteiger partial charge < -0.3 is 9.88 Å². The molecular formula is C18H21N3O. The first-order chi connectivity index (χ1) is 10.5. The van der Waals surface area contributed by atoms with E-state index in [2.05, 4.69) is 29.8 Å². The summed E-state index contributed by atoms with van der Waals surface area (Å²) in [4.78, 5) is 16.9. The first-order valence-corrected chi connectivity index (χ1v) is 7.51. The molecule has 114 valence electrons. The SMILES string of the molecule is CCN(CC)c1ccc(-c2cc(C)[nH]c(=O)c2C#N)c(C)c1. The largest absolute Gasteiger partial charge is 0.372 e. The molecular weight excluding hydrogens is 274 g/mol. The molecule has 0 amide bonds. The molecule has 1 N–H and O–H groups in total. The average Bonchev–Trinajstić information content (AvgIpc) is 2.48. The third-order valence-corrected chi connectivity index (χ3v) is 3.91. The number of anilines is 1. The number of pyridine rings is 1. The van der Waals surface area contributed by atoms with Crippen molar-refractivity contribution >= 4 is 5.69 Å². The zero-order valence-electron chi connectivity index (χ0n) is 13.5. The normalized spacial score (nSPS) is 10.3. The van der Waals surface area contributed by atoms with Crippen molar-refractivity contribution in [3.63, 3.8) is 0 Å². The molecule has 1 aromatic heterocycles. The number of rotatable bonds is 4. The molecule has 0 saturated heterocycles. The minimum Gasteiger partial charge on any atom is -0.372 e. The van der Waals surface area contributed by atoms with Gasteiger partial charge in [0.05, 0.1) is 0 Å². The Hall–Kier alpha value is -2.54. The predicted octanol–water partition coefficient (Wildman–Crippen LogP) is 3.38. The van der Waals surface area contributed by atoms with Crippen molar-refractivity contribution < 1.29 is 0 Å². The quantitative estimate of drug-likeness (QED) is 0.940. The van der Waals surface area contributed by atoms with Gasteiger partial charge in [-0.05, 0) is 57.0 Å². The van der Waals surface area contributed by atoms with Crippen molar-refractivity contribution in [1.29, 1.82) is 5.26 Å². The lowest BCUT2D eigenvalue weighted by molar-refractivity contribution is 0.866. The Morgan fingerprint density at radius 2 is 1.82 bits per heavy atom. The van der Waals surface area contributed by atoms with Crippen LogP contribution in [-0.2, 0) is 0 Å². The third kappa shape index (κ3) is 2.89. The second kappa shape index (κ2) is 6.48. The standard InChI is InChI=1S/C18H21N3O/c1-5-21(6-2)14-7-8-15(12(3)9-14)16-10-13(4)20-18(22)17(16)11-19/h7-10H,5-6H2,1-4H3,(H,20,22). The Kier molecular flexibility index (Phi) is 4.67.